The topological polar surface area (TPSA) is 134 Å². The van der Waals surface area contributed by atoms with E-state index >= 15 is 0 Å². The summed E-state index contributed by atoms with van der Waals surface area (Å²) in [6.07, 6.45) is 98.2. The van der Waals surface area contributed by atoms with Gasteiger partial charge in [0.2, 0.25) is 0 Å². The van der Waals surface area contributed by atoms with Gasteiger partial charge in [0, 0.05) is 19.4 Å². The number of hydrogen-bond donors (Lipinski definition) is 2. The van der Waals surface area contributed by atoms with E-state index in [-0.39, 0.29) is 38.6 Å². The van der Waals surface area contributed by atoms with Gasteiger partial charge in [-0.25, -0.2) is 4.57 Å². The third-order valence-corrected chi connectivity index (χ3v) is 15.5. The van der Waals surface area contributed by atoms with Gasteiger partial charge < -0.3 is 20.1 Å². The zero-order valence-electron chi connectivity index (χ0n) is 54.5. The second-order valence-electron chi connectivity index (χ2n) is 22.6. The highest BCUT2D eigenvalue weighted by atomic mass is 31.2. The first kappa shape index (κ1) is 81.2. The van der Waals surface area contributed by atoms with Crippen molar-refractivity contribution in [2.45, 2.75) is 302 Å². The van der Waals surface area contributed by atoms with Gasteiger partial charge in [0.1, 0.15) is 6.61 Å². The molecule has 2 unspecified atom stereocenters. The Hall–Kier alpha value is -3.85. The molecule has 0 aliphatic rings. The van der Waals surface area contributed by atoms with Crippen LogP contribution in [-0.4, -0.2) is 49.3 Å². The number of hydrogen-bond acceptors (Lipinski definition) is 8. The molecule has 0 amide bonds. The van der Waals surface area contributed by atoms with Crippen LogP contribution in [0, 0.1) is 0 Å². The largest absolute Gasteiger partial charge is 0.472 e. The van der Waals surface area contributed by atoms with Gasteiger partial charge in [-0.05, 0) is 109 Å². The smallest absolute Gasteiger partial charge is 0.462 e. The molecule has 0 heterocycles. The molecular weight excluding hydrogens is 1070 g/mol. The van der Waals surface area contributed by atoms with Gasteiger partial charge in [-0.2, -0.15) is 0 Å². The van der Waals surface area contributed by atoms with Gasteiger partial charge in [0.25, 0.3) is 0 Å². The zero-order valence-corrected chi connectivity index (χ0v) is 55.4. The van der Waals surface area contributed by atoms with Crippen LogP contribution in [-0.2, 0) is 32.7 Å². The maximum absolute atomic E-state index is 12.8. The van der Waals surface area contributed by atoms with Crippen molar-refractivity contribution in [1.82, 2.24) is 0 Å². The van der Waals surface area contributed by atoms with Crippen LogP contribution in [0.15, 0.2) is 134 Å². The molecule has 0 spiro atoms. The van der Waals surface area contributed by atoms with Crippen molar-refractivity contribution >= 4 is 19.8 Å². The third kappa shape index (κ3) is 69.1. The molecule has 0 aromatic heterocycles. The fourth-order valence-corrected chi connectivity index (χ4v) is 10.3. The Balaban J connectivity index is 3.89. The van der Waals surface area contributed by atoms with Gasteiger partial charge in [0.15, 0.2) is 6.10 Å². The molecule has 0 rings (SSSR count). The van der Waals surface area contributed by atoms with E-state index in [4.69, 9.17) is 24.3 Å². The summed E-state index contributed by atoms with van der Waals surface area (Å²) in [5.41, 5.74) is 5.40. The van der Waals surface area contributed by atoms with Crippen LogP contribution in [0.2, 0.25) is 0 Å². The molecule has 85 heavy (non-hydrogen) atoms. The number of esters is 2. The Bertz CT molecular complexity index is 1860. The molecule has 9 nitrogen and oxygen atoms in total. The minimum Gasteiger partial charge on any atom is -0.462 e. The van der Waals surface area contributed by atoms with Crippen molar-refractivity contribution in [2.24, 2.45) is 5.73 Å². The highest BCUT2D eigenvalue weighted by Crippen LogP contribution is 2.43. The Morgan fingerprint density at radius 1 is 0.353 bits per heavy atom. The van der Waals surface area contributed by atoms with Crippen LogP contribution in [0.1, 0.15) is 296 Å². The summed E-state index contributed by atoms with van der Waals surface area (Å²) < 4.78 is 33.2. The molecule has 0 saturated carbocycles. The molecule has 486 valence electrons. The Labute approximate surface area is 523 Å². The van der Waals surface area contributed by atoms with E-state index in [9.17, 15) is 19.0 Å². The second kappa shape index (κ2) is 69.3. The molecule has 3 N–H and O–H groups in total. The number of carbonyl (C=O) groups excluding carboxylic acids is 2. The molecule has 10 heteroatoms. The maximum Gasteiger partial charge on any atom is 0.472 e. The quantitative estimate of drug-likeness (QED) is 0.0264. The van der Waals surface area contributed by atoms with Crippen molar-refractivity contribution in [3.05, 3.63) is 134 Å². The molecule has 0 aromatic carbocycles. The Morgan fingerprint density at radius 3 is 0.906 bits per heavy atom. The predicted molar refractivity (Wildman–Crippen MR) is 367 cm³/mol. The van der Waals surface area contributed by atoms with E-state index in [0.717, 1.165) is 116 Å². The average Bonchev–Trinajstić information content (AvgIpc) is 3.52. The van der Waals surface area contributed by atoms with Gasteiger partial charge in [-0.15, -0.1) is 0 Å². The number of rotatable bonds is 64. The number of carbonyl (C=O) groups is 2. The summed E-state index contributed by atoms with van der Waals surface area (Å²) in [7, 11) is -4.40. The van der Waals surface area contributed by atoms with Crippen molar-refractivity contribution in [3.63, 3.8) is 0 Å². The van der Waals surface area contributed by atoms with Crippen LogP contribution in [0.5, 0.6) is 0 Å². The lowest BCUT2D eigenvalue weighted by molar-refractivity contribution is -0.161. The molecular formula is C75H128NO8P. The fourth-order valence-electron chi connectivity index (χ4n) is 9.49. The molecule has 0 fully saturated rings. The third-order valence-electron chi connectivity index (χ3n) is 14.5. The monoisotopic (exact) mass is 1200 g/mol. The molecule has 2 atom stereocenters. The van der Waals surface area contributed by atoms with Crippen molar-refractivity contribution in [1.29, 1.82) is 0 Å². The maximum atomic E-state index is 12.8. The Morgan fingerprint density at radius 2 is 0.612 bits per heavy atom. The number of ether oxygens (including phenoxy) is 2. The minimum atomic E-state index is -4.40. The molecule has 0 bridgehead atoms. The summed E-state index contributed by atoms with van der Waals surface area (Å²) >= 11 is 0. The highest BCUT2D eigenvalue weighted by Gasteiger charge is 2.26. The summed E-state index contributed by atoms with van der Waals surface area (Å²) in [5, 5.41) is 0. The molecule has 0 aromatic rings. The fraction of sp³-hybridized carbons (Fsp3) is 0.680. The van der Waals surface area contributed by atoms with E-state index in [1.165, 1.54) is 148 Å². The normalized spacial score (nSPS) is 13.8. The van der Waals surface area contributed by atoms with Crippen molar-refractivity contribution in [2.75, 3.05) is 26.4 Å². The van der Waals surface area contributed by atoms with E-state index in [0.29, 0.717) is 6.42 Å². The second-order valence-corrected chi connectivity index (χ2v) is 24.1. The molecule has 0 aliphatic carbocycles. The van der Waals surface area contributed by atoms with Gasteiger partial charge >= 0.3 is 19.8 Å². The predicted octanol–water partition coefficient (Wildman–Crippen LogP) is 22.9. The van der Waals surface area contributed by atoms with Gasteiger partial charge in [-0.1, -0.05) is 308 Å². The first-order valence-corrected chi connectivity index (χ1v) is 36.2. The minimum absolute atomic E-state index is 0.0488. The summed E-state index contributed by atoms with van der Waals surface area (Å²) in [6, 6.07) is 0. The van der Waals surface area contributed by atoms with E-state index in [1.807, 2.05) is 0 Å². The number of allylic oxidation sites excluding steroid dienone is 22. The molecule has 0 saturated heterocycles. The average molecular weight is 1200 g/mol. The number of unbranched alkanes of at least 4 members (excludes halogenated alkanes) is 29. The van der Waals surface area contributed by atoms with Gasteiger partial charge in [0.05, 0.1) is 13.2 Å². The van der Waals surface area contributed by atoms with Crippen LogP contribution in [0.3, 0.4) is 0 Å². The number of phosphoric ester groups is 1. The summed E-state index contributed by atoms with van der Waals surface area (Å²) in [5.74, 6) is -0.828. The van der Waals surface area contributed by atoms with Crippen LogP contribution >= 0.6 is 7.82 Å². The van der Waals surface area contributed by atoms with E-state index in [2.05, 4.69) is 148 Å². The molecule has 0 radical (unpaired) electrons. The number of nitrogens with two attached hydrogens (primary N) is 1. The molecule has 0 aliphatic heterocycles. The lowest BCUT2D eigenvalue weighted by Crippen LogP contribution is -2.29. The van der Waals surface area contributed by atoms with Crippen molar-refractivity contribution in [3.8, 4) is 0 Å². The first-order chi connectivity index (χ1) is 41.8. The SMILES string of the molecule is CC/C=C\C/C=C\C/C=C\C/C=C\C/C=C\C/C=C\CCCCCCCCCCCCCCCCCCCCC(=O)OC(COC(=O)CCCCCCCCCCCCC/C=C\C/C=C\C/C=C\C/C=C\C/C=C\CC)COP(=O)(O)OCCN. The Kier molecular flexibility index (Phi) is 66.1. The van der Waals surface area contributed by atoms with E-state index < -0.39 is 26.5 Å². The van der Waals surface area contributed by atoms with Crippen LogP contribution < -0.4 is 5.73 Å². The van der Waals surface area contributed by atoms with Crippen LogP contribution in [0.4, 0.5) is 0 Å². The van der Waals surface area contributed by atoms with Crippen molar-refractivity contribution < 1.29 is 37.6 Å². The summed E-state index contributed by atoms with van der Waals surface area (Å²) in [6.45, 7) is 3.53. The lowest BCUT2D eigenvalue weighted by Gasteiger charge is -2.19. The van der Waals surface area contributed by atoms with E-state index in [1.54, 1.807) is 0 Å². The first-order valence-electron chi connectivity index (χ1n) is 34.7. The standard InChI is InChI=1S/C75H128NO8P/c1-3-5-7-9-11-13-15-17-19-21-23-25-27-29-31-32-33-34-35-36-37-38-39-40-42-44-46-48-50-52-54-56-58-60-62-64-66-68-75(78)84-73(72-83-85(79,80)82-70-69-76)71-81-74(77)67-65-63-61-59-57-55-53-51-49-47-45-43-41-30-28-26-24-22-20-18-16-14-12-10-8-6-4-2/h5-8,11-14,17-20,23-26,29-31,33-34,41,73H,3-4,9-10,15-16,21-22,27-28,32,35-40,42-72,76H2,1-2H3,(H,79,80)/b7-5-,8-6-,13-11-,14-12-,19-17-,20-18-,25-23-,26-24-,31-29-,34-33-,41-30-. The number of phosphoric acid groups is 1. The van der Waals surface area contributed by atoms with Crippen LogP contribution in [0.25, 0.3) is 0 Å². The highest BCUT2D eigenvalue weighted by molar-refractivity contribution is 7.47. The zero-order chi connectivity index (χ0) is 61.6. The summed E-state index contributed by atoms with van der Waals surface area (Å²) in [4.78, 5) is 35.4. The van der Waals surface area contributed by atoms with Gasteiger partial charge in [-0.3, -0.25) is 18.6 Å². The lowest BCUT2D eigenvalue weighted by atomic mass is 10.0.